The summed E-state index contributed by atoms with van der Waals surface area (Å²) < 4.78 is 5.50. The van der Waals surface area contributed by atoms with Gasteiger partial charge in [-0.15, -0.1) is 0 Å². The first-order valence-corrected chi connectivity index (χ1v) is 6.07. The summed E-state index contributed by atoms with van der Waals surface area (Å²) in [4.78, 5) is 0. The fourth-order valence-electron chi connectivity index (χ4n) is 2.36. The summed E-state index contributed by atoms with van der Waals surface area (Å²) in [5, 5.41) is 3.34. The lowest BCUT2D eigenvalue weighted by atomic mass is 9.90. The Morgan fingerprint density at radius 2 is 2.00 bits per heavy atom. The first-order chi connectivity index (χ1) is 8.04. The molecule has 0 aliphatic heterocycles. The third-order valence-corrected chi connectivity index (χ3v) is 3.28. The molecule has 1 aromatic rings. The number of hydrogen-bond acceptors (Lipinski definition) is 3. The van der Waals surface area contributed by atoms with E-state index in [-0.39, 0.29) is 6.04 Å². The monoisotopic (exact) mass is 236 g/mol. The van der Waals surface area contributed by atoms with Crippen molar-refractivity contribution in [3.05, 3.63) is 28.8 Å². The van der Waals surface area contributed by atoms with Gasteiger partial charge in [-0.3, -0.25) is 0 Å². The van der Waals surface area contributed by atoms with Crippen LogP contribution in [0, 0.1) is 19.8 Å². The van der Waals surface area contributed by atoms with Gasteiger partial charge in [0.1, 0.15) is 5.75 Å². The Morgan fingerprint density at radius 1 is 1.35 bits per heavy atom. The van der Waals surface area contributed by atoms with Crippen LogP contribution in [0.3, 0.4) is 0 Å². The topological polar surface area (TPSA) is 47.3 Å². The standard InChI is InChI=1S/C14H24N2O/c1-9-6-10(2)13(12(7-9)17-5)14(16-4)11(3)8-15/h6-7,11,14,16H,8,15H2,1-5H3. The molecule has 3 N–H and O–H groups in total. The maximum atomic E-state index is 5.78. The zero-order valence-corrected chi connectivity index (χ0v) is 11.5. The van der Waals surface area contributed by atoms with E-state index < -0.39 is 0 Å². The van der Waals surface area contributed by atoms with Crippen LogP contribution in [0.1, 0.15) is 29.7 Å². The molecule has 1 rings (SSSR count). The molecule has 0 spiro atoms. The lowest BCUT2D eigenvalue weighted by Gasteiger charge is -2.26. The van der Waals surface area contributed by atoms with Gasteiger partial charge in [0.2, 0.25) is 0 Å². The van der Waals surface area contributed by atoms with Crippen LogP contribution in [0.25, 0.3) is 0 Å². The van der Waals surface area contributed by atoms with E-state index in [0.29, 0.717) is 12.5 Å². The molecule has 96 valence electrons. The van der Waals surface area contributed by atoms with Gasteiger partial charge in [-0.05, 0) is 50.6 Å². The fraction of sp³-hybridized carbons (Fsp3) is 0.571. The van der Waals surface area contributed by atoms with Gasteiger partial charge in [-0.1, -0.05) is 13.0 Å². The Labute approximate surface area is 104 Å². The van der Waals surface area contributed by atoms with Crippen molar-refractivity contribution in [3.63, 3.8) is 0 Å². The Bertz CT molecular complexity index is 377. The van der Waals surface area contributed by atoms with Crippen molar-refractivity contribution in [1.29, 1.82) is 0 Å². The molecule has 3 heteroatoms. The van der Waals surface area contributed by atoms with Crippen LogP contribution in [-0.4, -0.2) is 20.7 Å². The first kappa shape index (κ1) is 14.0. The van der Waals surface area contributed by atoms with Gasteiger partial charge in [0, 0.05) is 11.6 Å². The van der Waals surface area contributed by atoms with Gasteiger partial charge >= 0.3 is 0 Å². The van der Waals surface area contributed by atoms with Crippen molar-refractivity contribution in [2.75, 3.05) is 20.7 Å². The molecular formula is C14H24N2O. The normalized spacial score (nSPS) is 14.5. The molecule has 0 aromatic heterocycles. The number of hydrogen-bond donors (Lipinski definition) is 2. The zero-order chi connectivity index (χ0) is 13.0. The molecule has 0 aliphatic rings. The Balaban J connectivity index is 3.26. The molecule has 3 nitrogen and oxygen atoms in total. The van der Waals surface area contributed by atoms with Crippen LogP contribution in [0.2, 0.25) is 0 Å². The van der Waals surface area contributed by atoms with E-state index in [9.17, 15) is 0 Å². The van der Waals surface area contributed by atoms with Crippen LogP contribution in [0.5, 0.6) is 5.75 Å². The van der Waals surface area contributed by atoms with Crippen molar-refractivity contribution in [1.82, 2.24) is 5.32 Å². The predicted octanol–water partition coefficient (Wildman–Crippen LogP) is 2.17. The number of methoxy groups -OCH3 is 1. The zero-order valence-electron chi connectivity index (χ0n) is 11.5. The summed E-state index contributed by atoms with van der Waals surface area (Å²) in [5.74, 6) is 1.32. The second-order valence-electron chi connectivity index (χ2n) is 4.68. The van der Waals surface area contributed by atoms with Crippen molar-refractivity contribution >= 4 is 0 Å². The lowest BCUT2D eigenvalue weighted by Crippen LogP contribution is -2.29. The first-order valence-electron chi connectivity index (χ1n) is 6.07. The molecule has 0 bridgehead atoms. The fourth-order valence-corrected chi connectivity index (χ4v) is 2.36. The minimum Gasteiger partial charge on any atom is -0.496 e. The summed E-state index contributed by atoms with van der Waals surface area (Å²) in [7, 11) is 3.69. The number of rotatable bonds is 5. The third-order valence-electron chi connectivity index (χ3n) is 3.28. The summed E-state index contributed by atoms with van der Waals surface area (Å²) in [6.45, 7) is 7.01. The van der Waals surface area contributed by atoms with Crippen molar-refractivity contribution < 1.29 is 4.74 Å². The minimum absolute atomic E-state index is 0.232. The smallest absolute Gasteiger partial charge is 0.124 e. The minimum atomic E-state index is 0.232. The van der Waals surface area contributed by atoms with Gasteiger partial charge in [0.25, 0.3) is 0 Å². The van der Waals surface area contributed by atoms with Gasteiger partial charge in [0.05, 0.1) is 7.11 Å². The Hall–Kier alpha value is -1.06. The highest BCUT2D eigenvalue weighted by Gasteiger charge is 2.22. The van der Waals surface area contributed by atoms with Crippen molar-refractivity contribution in [2.45, 2.75) is 26.8 Å². The van der Waals surface area contributed by atoms with Crippen LogP contribution < -0.4 is 15.8 Å². The van der Waals surface area contributed by atoms with Crippen molar-refractivity contribution in [3.8, 4) is 5.75 Å². The summed E-state index contributed by atoms with van der Waals surface area (Å²) >= 11 is 0. The van der Waals surface area contributed by atoms with Gasteiger partial charge in [-0.25, -0.2) is 0 Å². The van der Waals surface area contributed by atoms with Crippen LogP contribution in [0.15, 0.2) is 12.1 Å². The number of aryl methyl sites for hydroxylation is 2. The molecule has 1 aromatic carbocycles. The molecule has 0 radical (unpaired) electrons. The SMILES string of the molecule is CNC(c1c(C)cc(C)cc1OC)C(C)CN. The molecule has 2 unspecified atom stereocenters. The molecule has 0 fully saturated rings. The third kappa shape index (κ3) is 2.99. The Morgan fingerprint density at radius 3 is 2.47 bits per heavy atom. The van der Waals surface area contributed by atoms with Crippen LogP contribution in [-0.2, 0) is 0 Å². The summed E-state index contributed by atoms with van der Waals surface area (Å²) in [6, 6.07) is 4.50. The lowest BCUT2D eigenvalue weighted by molar-refractivity contribution is 0.372. The van der Waals surface area contributed by atoms with Gasteiger partial charge in [0.15, 0.2) is 0 Å². The molecule has 0 aliphatic carbocycles. The van der Waals surface area contributed by atoms with Crippen molar-refractivity contribution in [2.24, 2.45) is 11.7 Å². The molecule has 0 heterocycles. The van der Waals surface area contributed by atoms with E-state index in [1.54, 1.807) is 7.11 Å². The number of benzene rings is 1. The van der Waals surface area contributed by atoms with Crippen LogP contribution >= 0.6 is 0 Å². The molecule has 0 saturated carbocycles. The highest BCUT2D eigenvalue weighted by molar-refractivity contribution is 5.45. The van der Waals surface area contributed by atoms with Gasteiger partial charge in [-0.2, -0.15) is 0 Å². The predicted molar refractivity (Wildman–Crippen MR) is 72.5 cm³/mol. The summed E-state index contributed by atoms with van der Waals surface area (Å²) in [5.41, 5.74) is 9.47. The molecule has 0 amide bonds. The second kappa shape index (κ2) is 6.03. The maximum absolute atomic E-state index is 5.78. The highest BCUT2D eigenvalue weighted by atomic mass is 16.5. The van der Waals surface area contributed by atoms with Crippen LogP contribution in [0.4, 0.5) is 0 Å². The molecule has 17 heavy (non-hydrogen) atoms. The summed E-state index contributed by atoms with van der Waals surface area (Å²) in [6.07, 6.45) is 0. The highest BCUT2D eigenvalue weighted by Crippen LogP contribution is 2.33. The average molecular weight is 236 g/mol. The van der Waals surface area contributed by atoms with E-state index in [4.69, 9.17) is 10.5 Å². The van der Waals surface area contributed by atoms with E-state index in [2.05, 4.69) is 38.2 Å². The quantitative estimate of drug-likeness (QED) is 0.823. The number of nitrogens with one attached hydrogen (secondary N) is 1. The second-order valence-corrected chi connectivity index (χ2v) is 4.68. The molecule has 2 atom stereocenters. The molecular weight excluding hydrogens is 212 g/mol. The van der Waals surface area contributed by atoms with E-state index in [0.717, 1.165) is 5.75 Å². The number of nitrogens with two attached hydrogens (primary N) is 1. The molecule has 0 saturated heterocycles. The maximum Gasteiger partial charge on any atom is 0.124 e. The van der Waals surface area contributed by atoms with E-state index in [1.807, 2.05) is 7.05 Å². The average Bonchev–Trinajstić information content (AvgIpc) is 2.31. The largest absolute Gasteiger partial charge is 0.496 e. The van der Waals surface area contributed by atoms with E-state index in [1.165, 1.54) is 16.7 Å². The van der Waals surface area contributed by atoms with Gasteiger partial charge < -0.3 is 15.8 Å². The number of ether oxygens (including phenoxy) is 1. The Kier molecular flexibility index (Phi) is 4.97. The van der Waals surface area contributed by atoms with E-state index >= 15 is 0 Å².